The molecule has 0 aromatic heterocycles. The Hall–Kier alpha value is -1.33. The smallest absolute Gasteiger partial charge is 0.331 e. The third-order valence-electron chi connectivity index (χ3n) is 3.88. The van der Waals surface area contributed by atoms with Crippen LogP contribution in [0.2, 0.25) is 18.1 Å². The molecule has 0 saturated carbocycles. The summed E-state index contributed by atoms with van der Waals surface area (Å²) in [4.78, 5) is 11.4. The van der Waals surface area contributed by atoms with Gasteiger partial charge in [-0.25, -0.2) is 4.79 Å². The third-order valence-corrected chi connectivity index (χ3v) is 8.36. The number of hydrogen-bond donors (Lipinski definition) is 2. The Kier molecular flexibility index (Phi) is 4.99. The number of aromatic hydroxyl groups is 1. The molecule has 0 aliphatic carbocycles. The molecule has 0 amide bonds. The van der Waals surface area contributed by atoms with Gasteiger partial charge < -0.3 is 14.6 Å². The van der Waals surface area contributed by atoms with Gasteiger partial charge in [0.05, 0.1) is 0 Å². The summed E-state index contributed by atoms with van der Waals surface area (Å²) in [5.41, 5.74) is 0.842. The zero-order chi connectivity index (χ0) is 15.6. The van der Waals surface area contributed by atoms with Crippen LogP contribution >= 0.6 is 0 Å². The summed E-state index contributed by atoms with van der Waals surface area (Å²) in [6.45, 7) is 10.3. The zero-order valence-corrected chi connectivity index (χ0v) is 13.8. The van der Waals surface area contributed by atoms with Crippen molar-refractivity contribution in [1.29, 1.82) is 0 Å². The van der Waals surface area contributed by atoms with E-state index < -0.39 is 20.4 Å². The minimum atomic E-state index is -2.13. The molecule has 1 aromatic rings. The fourth-order valence-corrected chi connectivity index (χ4v) is 2.81. The Morgan fingerprint density at radius 1 is 1.25 bits per heavy atom. The molecule has 1 rings (SSSR count). The first-order valence-electron chi connectivity index (χ1n) is 6.71. The van der Waals surface area contributed by atoms with Crippen LogP contribution in [0.15, 0.2) is 24.3 Å². The van der Waals surface area contributed by atoms with Crippen molar-refractivity contribution in [3.63, 3.8) is 0 Å². The number of carboxylic acids is 1. The fourth-order valence-electron chi connectivity index (χ4n) is 1.56. The molecule has 0 radical (unpaired) electrons. The van der Waals surface area contributed by atoms with Crippen LogP contribution < -0.4 is 0 Å². The number of benzene rings is 1. The molecular weight excluding hydrogens is 272 g/mol. The predicted molar refractivity (Wildman–Crippen MR) is 81.5 cm³/mol. The maximum absolute atomic E-state index is 11.4. The van der Waals surface area contributed by atoms with E-state index in [-0.39, 0.29) is 10.8 Å². The van der Waals surface area contributed by atoms with Crippen LogP contribution in [0.5, 0.6) is 5.75 Å². The van der Waals surface area contributed by atoms with E-state index in [4.69, 9.17) is 4.43 Å². The molecule has 0 aliphatic rings. The quantitative estimate of drug-likeness (QED) is 0.817. The lowest BCUT2D eigenvalue weighted by Gasteiger charge is -2.38. The van der Waals surface area contributed by atoms with Gasteiger partial charge in [-0.05, 0) is 35.8 Å². The summed E-state index contributed by atoms with van der Waals surface area (Å²) >= 11 is 0. The number of phenolic OH excluding ortho intramolecular Hbond substituents is 1. The minimum Gasteiger partial charge on any atom is -0.508 e. The average molecular weight is 296 g/mol. The van der Waals surface area contributed by atoms with Gasteiger partial charge in [-0.2, -0.15) is 0 Å². The first-order valence-corrected chi connectivity index (χ1v) is 9.62. The number of hydrogen-bond acceptors (Lipinski definition) is 3. The van der Waals surface area contributed by atoms with Gasteiger partial charge in [0.15, 0.2) is 8.32 Å². The number of carbonyl (C=O) groups is 1. The molecular formula is C15H24O4Si. The van der Waals surface area contributed by atoms with E-state index in [0.29, 0.717) is 6.42 Å². The number of aliphatic carboxylic acids is 1. The number of carboxylic acid groups (broad SMARTS) is 1. The molecule has 4 nitrogen and oxygen atoms in total. The Morgan fingerprint density at radius 3 is 2.15 bits per heavy atom. The summed E-state index contributed by atoms with van der Waals surface area (Å²) in [6, 6.07) is 6.56. The molecule has 1 aromatic carbocycles. The van der Waals surface area contributed by atoms with Crippen LogP contribution in [0.25, 0.3) is 0 Å². The molecule has 5 heteroatoms. The van der Waals surface area contributed by atoms with Gasteiger partial charge in [0, 0.05) is 6.42 Å². The second-order valence-corrected chi connectivity index (χ2v) is 11.3. The Labute approximate surface area is 121 Å². The van der Waals surface area contributed by atoms with Crippen molar-refractivity contribution in [1.82, 2.24) is 0 Å². The third kappa shape index (κ3) is 4.35. The van der Waals surface area contributed by atoms with Crippen molar-refractivity contribution < 1.29 is 19.4 Å². The number of phenols is 1. The maximum Gasteiger partial charge on any atom is 0.331 e. The highest BCUT2D eigenvalue weighted by molar-refractivity contribution is 6.74. The van der Waals surface area contributed by atoms with Gasteiger partial charge in [0.25, 0.3) is 0 Å². The van der Waals surface area contributed by atoms with Crippen LogP contribution in [0.4, 0.5) is 0 Å². The van der Waals surface area contributed by atoms with Crippen LogP contribution in [0.1, 0.15) is 26.3 Å². The first-order chi connectivity index (χ1) is 9.03. The van der Waals surface area contributed by atoms with Gasteiger partial charge >= 0.3 is 5.97 Å². The maximum atomic E-state index is 11.4. The molecule has 0 saturated heterocycles. The molecule has 1 unspecified atom stereocenters. The van der Waals surface area contributed by atoms with E-state index in [9.17, 15) is 15.0 Å². The lowest BCUT2D eigenvalue weighted by molar-refractivity contribution is -0.145. The van der Waals surface area contributed by atoms with Crippen LogP contribution in [-0.4, -0.2) is 30.6 Å². The van der Waals surface area contributed by atoms with E-state index in [1.807, 2.05) is 13.1 Å². The van der Waals surface area contributed by atoms with Gasteiger partial charge in [-0.3, -0.25) is 0 Å². The Balaban J connectivity index is 2.86. The lowest BCUT2D eigenvalue weighted by atomic mass is 10.1. The molecule has 0 spiro atoms. The fraction of sp³-hybridized carbons (Fsp3) is 0.533. The van der Waals surface area contributed by atoms with Crippen molar-refractivity contribution in [2.45, 2.75) is 51.4 Å². The van der Waals surface area contributed by atoms with E-state index in [1.165, 1.54) is 0 Å². The molecule has 0 bridgehead atoms. The van der Waals surface area contributed by atoms with Crippen molar-refractivity contribution in [3.8, 4) is 5.75 Å². The monoisotopic (exact) mass is 296 g/mol. The SMILES string of the molecule is CC(C)(C)[Si](C)(C)OC(Cc1ccc(O)cc1)C(=O)O. The highest BCUT2D eigenvalue weighted by atomic mass is 28.4. The van der Waals surface area contributed by atoms with E-state index >= 15 is 0 Å². The highest BCUT2D eigenvalue weighted by Gasteiger charge is 2.40. The topological polar surface area (TPSA) is 66.8 Å². The first kappa shape index (κ1) is 16.7. The molecule has 0 heterocycles. The van der Waals surface area contributed by atoms with E-state index in [2.05, 4.69) is 20.8 Å². The highest BCUT2D eigenvalue weighted by Crippen LogP contribution is 2.37. The van der Waals surface area contributed by atoms with Gasteiger partial charge in [-0.1, -0.05) is 32.9 Å². The van der Waals surface area contributed by atoms with E-state index in [0.717, 1.165) is 5.56 Å². The van der Waals surface area contributed by atoms with Crippen LogP contribution in [-0.2, 0) is 15.6 Å². The molecule has 0 fully saturated rings. The van der Waals surface area contributed by atoms with Gasteiger partial charge in [0.1, 0.15) is 11.9 Å². The largest absolute Gasteiger partial charge is 0.508 e. The summed E-state index contributed by atoms with van der Waals surface area (Å²) < 4.78 is 5.97. The van der Waals surface area contributed by atoms with E-state index in [1.54, 1.807) is 24.3 Å². The standard InChI is InChI=1S/C15H24O4Si/c1-15(2,3)20(4,5)19-13(14(17)18)10-11-6-8-12(16)9-7-11/h6-9,13,16H,10H2,1-5H3,(H,17,18). The predicted octanol–water partition coefficient (Wildman–Crippen LogP) is 3.41. The normalized spacial score (nSPS) is 14.1. The Bertz CT molecular complexity index is 460. The number of rotatable bonds is 5. The van der Waals surface area contributed by atoms with Gasteiger partial charge in [0.2, 0.25) is 0 Å². The second kappa shape index (κ2) is 5.97. The summed E-state index contributed by atoms with van der Waals surface area (Å²) in [7, 11) is -2.13. The minimum absolute atomic E-state index is 0.0321. The molecule has 1 atom stereocenters. The second-order valence-electron chi connectivity index (χ2n) is 6.58. The molecule has 2 N–H and O–H groups in total. The zero-order valence-electron chi connectivity index (χ0n) is 12.8. The molecule has 20 heavy (non-hydrogen) atoms. The van der Waals surface area contributed by atoms with Crippen molar-refractivity contribution in [2.24, 2.45) is 0 Å². The lowest BCUT2D eigenvalue weighted by Crippen LogP contribution is -2.46. The molecule has 0 aliphatic heterocycles. The van der Waals surface area contributed by atoms with Crippen LogP contribution in [0, 0.1) is 0 Å². The summed E-state index contributed by atoms with van der Waals surface area (Å²) in [5, 5.41) is 18.6. The van der Waals surface area contributed by atoms with Crippen LogP contribution in [0.3, 0.4) is 0 Å². The molecule has 112 valence electrons. The van der Waals surface area contributed by atoms with Crippen molar-refractivity contribution >= 4 is 14.3 Å². The Morgan fingerprint density at radius 2 is 1.75 bits per heavy atom. The average Bonchev–Trinajstić information content (AvgIpc) is 2.29. The summed E-state index contributed by atoms with van der Waals surface area (Å²) in [5.74, 6) is -0.770. The van der Waals surface area contributed by atoms with Crippen molar-refractivity contribution in [3.05, 3.63) is 29.8 Å². The summed E-state index contributed by atoms with van der Waals surface area (Å²) in [6.07, 6.45) is -0.539. The van der Waals surface area contributed by atoms with Gasteiger partial charge in [-0.15, -0.1) is 0 Å². The van der Waals surface area contributed by atoms with Crippen molar-refractivity contribution in [2.75, 3.05) is 0 Å².